The molecule has 4 heteroatoms. The Hall–Kier alpha value is 0.620. The Morgan fingerprint density at radius 1 is 0.556 bits per heavy atom. The summed E-state index contributed by atoms with van der Waals surface area (Å²) in [6, 6.07) is 0. The lowest BCUT2D eigenvalue weighted by Crippen LogP contribution is -2.25. The Balaban J connectivity index is 2.00. The molecule has 108 valence electrons. The monoisotopic (exact) mass is 290 g/mol. The Morgan fingerprint density at radius 2 is 1.06 bits per heavy atom. The van der Waals surface area contributed by atoms with Crippen molar-refractivity contribution in [3.05, 3.63) is 0 Å². The number of hydrogen-bond donors (Lipinski definition) is 2. The van der Waals surface area contributed by atoms with Gasteiger partial charge in [0.05, 0.1) is 0 Å². The summed E-state index contributed by atoms with van der Waals surface area (Å²) < 4.78 is 0. The van der Waals surface area contributed by atoms with E-state index < -0.39 is 0 Å². The van der Waals surface area contributed by atoms with Crippen LogP contribution in [0.15, 0.2) is 0 Å². The fraction of sp³-hybridized carbons (Fsp3) is 1.00. The number of hydrazine groups is 1. The van der Waals surface area contributed by atoms with Crippen molar-refractivity contribution >= 4 is 21.8 Å². The molecule has 0 spiro atoms. The molecule has 0 atom stereocenters. The molecule has 0 amide bonds. The van der Waals surface area contributed by atoms with Gasteiger partial charge in [-0.1, -0.05) is 75.0 Å². The molecule has 0 unspecified atom stereocenters. The first-order valence-corrected chi connectivity index (χ1v) is 10.1. The molecule has 0 bridgehead atoms. The largest absolute Gasteiger partial charge is 0.247 e. The van der Waals surface area contributed by atoms with Crippen LogP contribution >= 0.6 is 21.8 Å². The van der Waals surface area contributed by atoms with E-state index in [1.54, 1.807) is 11.0 Å². The standard InChI is InChI=1S/C14H30N2S2/c1-2-4-6-8-10-12-14-17-18-16-15-13-11-9-7-5-3-1/h15-16H,1-14H2. The molecule has 0 saturated carbocycles. The summed E-state index contributed by atoms with van der Waals surface area (Å²) in [5.41, 5.74) is 3.28. The van der Waals surface area contributed by atoms with Crippen LogP contribution in [0, 0.1) is 0 Å². The van der Waals surface area contributed by atoms with Crippen molar-refractivity contribution in [3.63, 3.8) is 0 Å². The van der Waals surface area contributed by atoms with Crippen molar-refractivity contribution in [1.29, 1.82) is 0 Å². The number of rotatable bonds is 0. The fourth-order valence-corrected chi connectivity index (χ4v) is 3.88. The second-order valence-corrected chi connectivity index (χ2v) is 7.40. The summed E-state index contributed by atoms with van der Waals surface area (Å²) in [6.07, 6.45) is 17.1. The van der Waals surface area contributed by atoms with Gasteiger partial charge < -0.3 is 0 Å². The van der Waals surface area contributed by atoms with Crippen molar-refractivity contribution in [2.75, 3.05) is 12.3 Å². The van der Waals surface area contributed by atoms with Crippen molar-refractivity contribution in [2.45, 2.75) is 77.0 Å². The molecule has 2 nitrogen and oxygen atoms in total. The molecule has 2 N–H and O–H groups in total. The van der Waals surface area contributed by atoms with E-state index in [4.69, 9.17) is 0 Å². The van der Waals surface area contributed by atoms with Crippen LogP contribution in [0.5, 0.6) is 0 Å². The molecule has 1 aliphatic rings. The molecular formula is C14H30N2S2. The van der Waals surface area contributed by atoms with E-state index in [1.807, 2.05) is 10.8 Å². The van der Waals surface area contributed by atoms with Crippen LogP contribution in [0.4, 0.5) is 0 Å². The minimum Gasteiger partial charge on any atom is -0.247 e. The summed E-state index contributed by atoms with van der Waals surface area (Å²) in [7, 11) is 3.69. The normalized spacial score (nSPS) is 24.0. The predicted molar refractivity (Wildman–Crippen MR) is 86.6 cm³/mol. The highest BCUT2D eigenvalue weighted by atomic mass is 33.1. The number of hydrogen-bond acceptors (Lipinski definition) is 4. The van der Waals surface area contributed by atoms with Crippen molar-refractivity contribution in [2.24, 2.45) is 0 Å². The third-order valence-corrected chi connectivity index (χ3v) is 5.36. The van der Waals surface area contributed by atoms with Crippen LogP contribution in [0.25, 0.3) is 0 Å². The lowest BCUT2D eigenvalue weighted by atomic mass is 10.1. The van der Waals surface area contributed by atoms with E-state index in [9.17, 15) is 0 Å². The lowest BCUT2D eigenvalue weighted by molar-refractivity contribution is 0.534. The molecule has 1 saturated heterocycles. The molecule has 1 fully saturated rings. The zero-order valence-electron chi connectivity index (χ0n) is 11.7. The highest BCUT2D eigenvalue weighted by Gasteiger charge is 1.96. The van der Waals surface area contributed by atoms with Crippen LogP contribution in [0.3, 0.4) is 0 Å². The lowest BCUT2D eigenvalue weighted by Gasteiger charge is -2.07. The highest BCUT2D eigenvalue weighted by Crippen LogP contribution is 2.19. The van der Waals surface area contributed by atoms with Gasteiger partial charge >= 0.3 is 0 Å². The molecule has 1 heterocycles. The molecule has 1 aliphatic heterocycles. The van der Waals surface area contributed by atoms with Gasteiger partial charge in [0.25, 0.3) is 0 Å². The Kier molecular flexibility index (Phi) is 13.0. The summed E-state index contributed by atoms with van der Waals surface area (Å²) in [6.45, 7) is 1.10. The van der Waals surface area contributed by atoms with Crippen LogP contribution in [0.1, 0.15) is 77.0 Å². The summed E-state index contributed by atoms with van der Waals surface area (Å²) in [5.74, 6) is 1.28. The van der Waals surface area contributed by atoms with Gasteiger partial charge in [-0.3, -0.25) is 0 Å². The van der Waals surface area contributed by atoms with Gasteiger partial charge in [0.1, 0.15) is 0 Å². The maximum Gasteiger partial charge on any atom is 0.0109 e. The molecule has 0 aromatic carbocycles. The van der Waals surface area contributed by atoms with E-state index in [0.717, 1.165) is 6.54 Å². The van der Waals surface area contributed by atoms with E-state index in [1.165, 1.54) is 82.8 Å². The Labute approximate surface area is 121 Å². The van der Waals surface area contributed by atoms with Crippen molar-refractivity contribution < 1.29 is 0 Å². The SMILES string of the molecule is C1CCCCCCCSSNNCCCCCC1. The van der Waals surface area contributed by atoms with E-state index in [0.29, 0.717) is 0 Å². The van der Waals surface area contributed by atoms with Crippen LogP contribution in [-0.2, 0) is 0 Å². The summed E-state index contributed by atoms with van der Waals surface area (Å²) in [4.78, 5) is 3.22. The quantitative estimate of drug-likeness (QED) is 0.480. The minimum absolute atomic E-state index is 1.10. The van der Waals surface area contributed by atoms with E-state index >= 15 is 0 Å². The van der Waals surface area contributed by atoms with Gasteiger partial charge in [-0.15, -0.1) is 0 Å². The van der Waals surface area contributed by atoms with Gasteiger partial charge in [0, 0.05) is 23.3 Å². The molecular weight excluding hydrogens is 260 g/mol. The second-order valence-electron chi connectivity index (χ2n) is 5.18. The first-order chi connectivity index (χ1) is 9.00. The Morgan fingerprint density at radius 3 is 1.67 bits per heavy atom. The van der Waals surface area contributed by atoms with Crippen LogP contribution in [0.2, 0.25) is 0 Å². The van der Waals surface area contributed by atoms with Crippen molar-refractivity contribution in [3.8, 4) is 0 Å². The molecule has 1 rings (SSSR count). The highest BCUT2D eigenvalue weighted by molar-refractivity contribution is 8.75. The summed E-state index contributed by atoms with van der Waals surface area (Å²) >= 11 is 0. The van der Waals surface area contributed by atoms with Gasteiger partial charge in [-0.05, 0) is 12.8 Å². The average Bonchev–Trinajstić information content (AvgIpc) is 2.39. The fourth-order valence-electron chi connectivity index (χ4n) is 2.29. The first kappa shape index (κ1) is 16.7. The van der Waals surface area contributed by atoms with E-state index in [-0.39, 0.29) is 0 Å². The number of nitrogens with one attached hydrogen (secondary N) is 2. The molecule has 0 aromatic rings. The molecule has 0 aliphatic carbocycles. The zero-order valence-corrected chi connectivity index (χ0v) is 13.3. The predicted octanol–water partition coefficient (Wildman–Crippen LogP) is 5.07. The maximum atomic E-state index is 3.28. The van der Waals surface area contributed by atoms with Gasteiger partial charge in [0.2, 0.25) is 0 Å². The zero-order chi connectivity index (χ0) is 12.7. The minimum atomic E-state index is 1.10. The Bertz CT molecular complexity index is 92.8. The van der Waals surface area contributed by atoms with E-state index in [2.05, 4.69) is 10.3 Å². The molecule has 18 heavy (non-hydrogen) atoms. The van der Waals surface area contributed by atoms with Crippen molar-refractivity contribution in [1.82, 2.24) is 10.3 Å². The van der Waals surface area contributed by atoms with Crippen LogP contribution < -0.4 is 10.3 Å². The van der Waals surface area contributed by atoms with Gasteiger partial charge in [-0.2, -0.15) is 4.83 Å². The second kappa shape index (κ2) is 14.0. The van der Waals surface area contributed by atoms with Gasteiger partial charge in [0.15, 0.2) is 0 Å². The molecule has 0 radical (unpaired) electrons. The van der Waals surface area contributed by atoms with Gasteiger partial charge in [-0.25, -0.2) is 5.43 Å². The third kappa shape index (κ3) is 11.7. The smallest absolute Gasteiger partial charge is 0.0109 e. The first-order valence-electron chi connectivity index (χ1n) is 7.76. The third-order valence-electron chi connectivity index (χ3n) is 3.45. The average molecular weight is 291 g/mol. The molecule has 0 aromatic heterocycles. The van der Waals surface area contributed by atoms with Crippen LogP contribution in [-0.4, -0.2) is 12.3 Å². The topological polar surface area (TPSA) is 24.1 Å². The maximum absolute atomic E-state index is 3.28. The summed E-state index contributed by atoms with van der Waals surface area (Å²) in [5, 5.41) is 0.